The van der Waals surface area contributed by atoms with Gasteiger partial charge in [0.05, 0.1) is 10.0 Å². The first-order valence-electron chi connectivity index (χ1n) is 6.46. The minimum atomic E-state index is 0.379. The number of para-hydroxylation sites is 1. The monoisotopic (exact) mass is 310 g/mol. The molecule has 0 radical (unpaired) electrons. The molecule has 0 fully saturated rings. The molecule has 0 amide bonds. The Morgan fingerprint density at radius 1 is 1.15 bits per heavy atom. The summed E-state index contributed by atoms with van der Waals surface area (Å²) in [5.74, 6) is 1.37. The summed E-state index contributed by atoms with van der Waals surface area (Å²) in [7, 11) is 0. The van der Waals surface area contributed by atoms with Crippen LogP contribution >= 0.6 is 23.2 Å². The summed E-state index contributed by atoms with van der Waals surface area (Å²) >= 11 is 12.1. The number of aromatic nitrogens is 1. The van der Waals surface area contributed by atoms with Crippen LogP contribution in [-0.4, -0.2) is 11.5 Å². The van der Waals surface area contributed by atoms with Crippen LogP contribution in [0.5, 0.6) is 5.75 Å². The minimum Gasteiger partial charge on any atom is -0.486 e. The van der Waals surface area contributed by atoms with Gasteiger partial charge in [0.15, 0.2) is 5.75 Å². The number of hydrogen-bond acceptors (Lipinski definition) is 3. The lowest BCUT2D eigenvalue weighted by atomic mass is 10.3. The zero-order valence-corrected chi connectivity index (χ0v) is 12.7. The molecule has 0 aliphatic heterocycles. The molecule has 0 atom stereocenters. The minimum absolute atomic E-state index is 0.379. The Morgan fingerprint density at radius 2 is 1.90 bits per heavy atom. The van der Waals surface area contributed by atoms with E-state index in [-0.39, 0.29) is 0 Å². The summed E-state index contributed by atoms with van der Waals surface area (Å²) in [4.78, 5) is 4.32. The summed E-state index contributed by atoms with van der Waals surface area (Å²) in [6, 6.07) is 9.18. The molecule has 1 heterocycles. The molecule has 0 saturated heterocycles. The van der Waals surface area contributed by atoms with Crippen molar-refractivity contribution in [2.24, 2.45) is 0 Å². The van der Waals surface area contributed by atoms with Gasteiger partial charge in [0, 0.05) is 18.3 Å². The number of benzene rings is 1. The third kappa shape index (κ3) is 4.02. The van der Waals surface area contributed by atoms with Crippen LogP contribution in [0.4, 0.5) is 5.82 Å². The van der Waals surface area contributed by atoms with Gasteiger partial charge in [-0.2, -0.15) is 0 Å². The second kappa shape index (κ2) is 7.36. The van der Waals surface area contributed by atoms with Crippen LogP contribution in [0.2, 0.25) is 10.0 Å². The van der Waals surface area contributed by atoms with Gasteiger partial charge in [0.1, 0.15) is 12.4 Å². The molecule has 5 heteroatoms. The summed E-state index contributed by atoms with van der Waals surface area (Å²) in [5.41, 5.74) is 0.961. The maximum atomic E-state index is 6.04. The number of hydrogen-bond donors (Lipinski definition) is 1. The summed E-state index contributed by atoms with van der Waals surface area (Å²) in [6.07, 6.45) is 2.85. The Labute approximate surface area is 128 Å². The highest BCUT2D eigenvalue weighted by Gasteiger charge is 2.06. The third-order valence-electron chi connectivity index (χ3n) is 2.68. The van der Waals surface area contributed by atoms with Crippen LogP contribution in [-0.2, 0) is 6.61 Å². The molecule has 0 unspecified atom stereocenters. The second-order valence-corrected chi connectivity index (χ2v) is 5.13. The van der Waals surface area contributed by atoms with Crippen LogP contribution in [0, 0.1) is 0 Å². The highest BCUT2D eigenvalue weighted by Crippen LogP contribution is 2.32. The van der Waals surface area contributed by atoms with Crippen LogP contribution in [0.1, 0.15) is 18.9 Å². The molecular formula is C15H16Cl2N2O. The first-order valence-corrected chi connectivity index (χ1v) is 7.22. The van der Waals surface area contributed by atoms with E-state index in [2.05, 4.69) is 17.2 Å². The Balaban J connectivity index is 1.97. The van der Waals surface area contributed by atoms with Gasteiger partial charge < -0.3 is 10.1 Å². The van der Waals surface area contributed by atoms with Gasteiger partial charge >= 0.3 is 0 Å². The zero-order valence-electron chi connectivity index (χ0n) is 11.2. The zero-order chi connectivity index (χ0) is 14.4. The van der Waals surface area contributed by atoms with Gasteiger partial charge in [0.2, 0.25) is 0 Å². The summed E-state index contributed by atoms with van der Waals surface area (Å²) in [5, 5.41) is 4.23. The molecule has 2 rings (SSSR count). The highest BCUT2D eigenvalue weighted by atomic mass is 35.5. The number of halogens is 2. The standard InChI is InChI=1S/C15H16Cl2N2O/c1-2-8-18-14-7-6-11(9-19-14)10-20-15-12(16)4-3-5-13(15)17/h3-7,9H,2,8,10H2,1H3,(H,18,19). The summed E-state index contributed by atoms with van der Waals surface area (Å²) < 4.78 is 5.65. The third-order valence-corrected chi connectivity index (χ3v) is 3.28. The van der Waals surface area contributed by atoms with E-state index in [0.717, 1.165) is 24.3 Å². The normalized spacial score (nSPS) is 10.3. The molecule has 0 saturated carbocycles. The van der Waals surface area contributed by atoms with Crippen molar-refractivity contribution >= 4 is 29.0 Å². The van der Waals surface area contributed by atoms with Crippen molar-refractivity contribution in [1.82, 2.24) is 4.98 Å². The predicted molar refractivity (Wildman–Crippen MR) is 83.8 cm³/mol. The van der Waals surface area contributed by atoms with Crippen LogP contribution < -0.4 is 10.1 Å². The van der Waals surface area contributed by atoms with E-state index in [1.807, 2.05) is 12.1 Å². The van der Waals surface area contributed by atoms with Crippen molar-refractivity contribution in [2.45, 2.75) is 20.0 Å². The highest BCUT2D eigenvalue weighted by molar-refractivity contribution is 6.37. The van der Waals surface area contributed by atoms with Crippen molar-refractivity contribution in [3.8, 4) is 5.75 Å². The second-order valence-electron chi connectivity index (χ2n) is 4.32. The van der Waals surface area contributed by atoms with Gasteiger partial charge in [-0.25, -0.2) is 4.98 Å². The van der Waals surface area contributed by atoms with E-state index in [4.69, 9.17) is 27.9 Å². The average Bonchev–Trinajstić information content (AvgIpc) is 2.46. The first kappa shape index (κ1) is 14.9. The van der Waals surface area contributed by atoms with Gasteiger partial charge in [-0.1, -0.05) is 42.3 Å². The predicted octanol–water partition coefficient (Wildman–Crippen LogP) is 4.79. The maximum Gasteiger partial charge on any atom is 0.156 e. The average molecular weight is 311 g/mol. The van der Waals surface area contributed by atoms with Gasteiger partial charge in [-0.05, 0) is 24.6 Å². The number of ether oxygens (including phenoxy) is 1. The maximum absolute atomic E-state index is 6.04. The molecular weight excluding hydrogens is 295 g/mol. The molecule has 2 aromatic rings. The van der Waals surface area contributed by atoms with Gasteiger partial charge in [0.25, 0.3) is 0 Å². The van der Waals surface area contributed by atoms with E-state index in [0.29, 0.717) is 22.4 Å². The Morgan fingerprint density at radius 3 is 2.50 bits per heavy atom. The fourth-order valence-corrected chi connectivity index (χ4v) is 2.15. The fourth-order valence-electron chi connectivity index (χ4n) is 1.64. The largest absolute Gasteiger partial charge is 0.486 e. The van der Waals surface area contributed by atoms with Crippen LogP contribution in [0.3, 0.4) is 0 Å². The number of nitrogens with one attached hydrogen (secondary N) is 1. The molecule has 1 N–H and O–H groups in total. The molecule has 106 valence electrons. The quantitative estimate of drug-likeness (QED) is 0.833. The van der Waals surface area contributed by atoms with Crippen molar-refractivity contribution in [2.75, 3.05) is 11.9 Å². The number of anilines is 1. The molecule has 0 aliphatic rings. The van der Waals surface area contributed by atoms with Crippen molar-refractivity contribution in [3.63, 3.8) is 0 Å². The van der Waals surface area contributed by atoms with Crippen LogP contribution in [0.25, 0.3) is 0 Å². The Bertz CT molecular complexity index is 538. The lowest BCUT2D eigenvalue weighted by Gasteiger charge is -2.10. The van der Waals surface area contributed by atoms with E-state index < -0.39 is 0 Å². The van der Waals surface area contributed by atoms with E-state index >= 15 is 0 Å². The molecule has 0 bridgehead atoms. The molecule has 0 aliphatic carbocycles. The summed E-state index contributed by atoms with van der Waals surface area (Å²) in [6.45, 7) is 3.41. The Hall–Kier alpha value is -1.45. The van der Waals surface area contributed by atoms with E-state index in [1.54, 1.807) is 24.4 Å². The van der Waals surface area contributed by atoms with Gasteiger partial charge in [-0.3, -0.25) is 0 Å². The molecule has 1 aromatic heterocycles. The van der Waals surface area contributed by atoms with Crippen molar-refractivity contribution in [3.05, 3.63) is 52.1 Å². The van der Waals surface area contributed by atoms with Crippen LogP contribution in [0.15, 0.2) is 36.5 Å². The van der Waals surface area contributed by atoms with E-state index in [1.165, 1.54) is 0 Å². The molecule has 0 spiro atoms. The van der Waals surface area contributed by atoms with E-state index in [9.17, 15) is 0 Å². The topological polar surface area (TPSA) is 34.1 Å². The fraction of sp³-hybridized carbons (Fsp3) is 0.267. The lowest BCUT2D eigenvalue weighted by molar-refractivity contribution is 0.306. The first-order chi connectivity index (χ1) is 9.70. The Kier molecular flexibility index (Phi) is 5.50. The SMILES string of the molecule is CCCNc1ccc(COc2c(Cl)cccc2Cl)cn1. The van der Waals surface area contributed by atoms with Gasteiger partial charge in [-0.15, -0.1) is 0 Å². The van der Waals surface area contributed by atoms with Crippen molar-refractivity contribution in [1.29, 1.82) is 0 Å². The smallest absolute Gasteiger partial charge is 0.156 e. The number of pyridine rings is 1. The molecule has 1 aromatic carbocycles. The molecule has 3 nitrogen and oxygen atoms in total. The van der Waals surface area contributed by atoms with Crippen molar-refractivity contribution < 1.29 is 4.74 Å². The number of rotatable bonds is 6. The molecule has 20 heavy (non-hydrogen) atoms. The number of nitrogens with zero attached hydrogens (tertiary/aromatic N) is 1. The lowest BCUT2D eigenvalue weighted by Crippen LogP contribution is -2.03.